The standard InChI is InChI=1S/C15H13ClN4O3/c1-22-13-11-12(18-15(16)19-13)17-8-20(11)7-9-5-3-4-6-10(9)14(21)23-2/h3-6,8H,7H2,1-2H3. The molecule has 1 aromatic carbocycles. The Balaban J connectivity index is 2.08. The minimum Gasteiger partial charge on any atom is -0.479 e. The van der Waals surface area contributed by atoms with Crippen molar-refractivity contribution in [1.82, 2.24) is 19.5 Å². The van der Waals surface area contributed by atoms with Gasteiger partial charge in [0.05, 0.1) is 32.7 Å². The lowest BCUT2D eigenvalue weighted by Gasteiger charge is -2.10. The van der Waals surface area contributed by atoms with Gasteiger partial charge in [0, 0.05) is 0 Å². The maximum atomic E-state index is 11.9. The van der Waals surface area contributed by atoms with Crippen LogP contribution in [0.25, 0.3) is 11.2 Å². The van der Waals surface area contributed by atoms with Crippen LogP contribution < -0.4 is 4.74 Å². The summed E-state index contributed by atoms with van der Waals surface area (Å²) in [5, 5.41) is 0.0644. The Hall–Kier alpha value is -2.67. The molecule has 0 saturated carbocycles. The predicted octanol–water partition coefficient (Wildman–Crippen LogP) is 2.32. The molecule has 8 heteroatoms. The number of aromatic nitrogens is 4. The van der Waals surface area contributed by atoms with E-state index in [2.05, 4.69) is 15.0 Å². The number of carbonyl (C=O) groups excluding carboxylic acids is 1. The van der Waals surface area contributed by atoms with Crippen LogP contribution in [0.4, 0.5) is 0 Å². The minimum absolute atomic E-state index is 0.0644. The normalized spacial score (nSPS) is 10.7. The maximum absolute atomic E-state index is 11.9. The highest BCUT2D eigenvalue weighted by atomic mass is 35.5. The average Bonchev–Trinajstić information content (AvgIpc) is 2.96. The molecule has 0 radical (unpaired) electrons. The lowest BCUT2D eigenvalue weighted by atomic mass is 10.1. The third kappa shape index (κ3) is 2.83. The smallest absolute Gasteiger partial charge is 0.338 e. The van der Waals surface area contributed by atoms with Crippen molar-refractivity contribution >= 4 is 28.7 Å². The molecule has 0 bridgehead atoms. The van der Waals surface area contributed by atoms with E-state index in [-0.39, 0.29) is 5.28 Å². The van der Waals surface area contributed by atoms with Crippen LogP contribution in [0.1, 0.15) is 15.9 Å². The van der Waals surface area contributed by atoms with Crippen molar-refractivity contribution in [3.8, 4) is 5.88 Å². The van der Waals surface area contributed by atoms with Gasteiger partial charge in [-0.15, -0.1) is 0 Å². The van der Waals surface area contributed by atoms with Gasteiger partial charge in [0.1, 0.15) is 0 Å². The molecular formula is C15H13ClN4O3. The Kier molecular flexibility index (Phi) is 4.12. The largest absolute Gasteiger partial charge is 0.479 e. The molecule has 2 heterocycles. The van der Waals surface area contributed by atoms with Crippen LogP contribution in [-0.2, 0) is 11.3 Å². The van der Waals surface area contributed by atoms with Crippen molar-refractivity contribution in [2.24, 2.45) is 0 Å². The third-order valence-corrected chi connectivity index (χ3v) is 3.54. The first-order valence-corrected chi connectivity index (χ1v) is 7.10. The molecule has 0 unspecified atom stereocenters. The molecule has 0 aliphatic heterocycles. The van der Waals surface area contributed by atoms with Gasteiger partial charge in [-0.05, 0) is 23.2 Å². The van der Waals surface area contributed by atoms with E-state index < -0.39 is 5.97 Å². The summed E-state index contributed by atoms with van der Waals surface area (Å²) in [5.74, 6) is -0.0654. The lowest BCUT2D eigenvalue weighted by molar-refractivity contribution is 0.0599. The minimum atomic E-state index is -0.392. The molecule has 23 heavy (non-hydrogen) atoms. The van der Waals surface area contributed by atoms with Gasteiger partial charge >= 0.3 is 5.97 Å². The fourth-order valence-electron chi connectivity index (χ4n) is 2.33. The van der Waals surface area contributed by atoms with E-state index in [1.54, 1.807) is 23.0 Å². The van der Waals surface area contributed by atoms with E-state index in [4.69, 9.17) is 21.1 Å². The molecule has 3 aromatic rings. The number of hydrogen-bond donors (Lipinski definition) is 0. The molecule has 0 atom stereocenters. The fourth-order valence-corrected chi connectivity index (χ4v) is 2.49. The number of rotatable bonds is 4. The molecule has 0 saturated heterocycles. The van der Waals surface area contributed by atoms with Gasteiger partial charge in [-0.25, -0.2) is 9.78 Å². The van der Waals surface area contributed by atoms with Crippen molar-refractivity contribution in [2.75, 3.05) is 14.2 Å². The summed E-state index contributed by atoms with van der Waals surface area (Å²) in [6.07, 6.45) is 1.60. The lowest BCUT2D eigenvalue weighted by Crippen LogP contribution is -2.09. The van der Waals surface area contributed by atoms with Gasteiger partial charge in [0.2, 0.25) is 11.2 Å². The molecule has 2 aromatic heterocycles. The number of benzene rings is 1. The Morgan fingerprint density at radius 1 is 1.26 bits per heavy atom. The first-order valence-electron chi connectivity index (χ1n) is 6.72. The number of fused-ring (bicyclic) bond motifs is 1. The second kappa shape index (κ2) is 6.21. The Bertz CT molecular complexity index is 878. The molecule has 118 valence electrons. The summed E-state index contributed by atoms with van der Waals surface area (Å²) < 4.78 is 11.9. The van der Waals surface area contributed by atoms with Crippen molar-refractivity contribution < 1.29 is 14.3 Å². The van der Waals surface area contributed by atoms with Crippen LogP contribution in [0.15, 0.2) is 30.6 Å². The summed E-state index contributed by atoms with van der Waals surface area (Å²) in [5.41, 5.74) is 2.32. The molecule has 0 fully saturated rings. The van der Waals surface area contributed by atoms with Crippen LogP contribution in [0.5, 0.6) is 5.88 Å². The third-order valence-electron chi connectivity index (χ3n) is 3.37. The van der Waals surface area contributed by atoms with Gasteiger partial charge < -0.3 is 14.0 Å². The summed E-state index contributed by atoms with van der Waals surface area (Å²) >= 11 is 5.84. The van der Waals surface area contributed by atoms with E-state index in [0.29, 0.717) is 29.2 Å². The molecule has 0 N–H and O–H groups in total. The molecule has 3 rings (SSSR count). The molecule has 7 nitrogen and oxygen atoms in total. The summed E-state index contributed by atoms with van der Waals surface area (Å²) in [4.78, 5) is 24.2. The van der Waals surface area contributed by atoms with E-state index >= 15 is 0 Å². The van der Waals surface area contributed by atoms with Crippen LogP contribution in [0.3, 0.4) is 0 Å². The van der Waals surface area contributed by atoms with E-state index in [1.807, 2.05) is 12.1 Å². The van der Waals surface area contributed by atoms with E-state index in [1.165, 1.54) is 14.2 Å². The van der Waals surface area contributed by atoms with Crippen molar-refractivity contribution in [3.05, 3.63) is 47.0 Å². The van der Waals surface area contributed by atoms with Gasteiger partial charge in [0.15, 0.2) is 11.2 Å². The van der Waals surface area contributed by atoms with Gasteiger partial charge in [-0.1, -0.05) is 18.2 Å². The monoisotopic (exact) mass is 332 g/mol. The number of carbonyl (C=O) groups is 1. The zero-order valence-corrected chi connectivity index (χ0v) is 13.2. The van der Waals surface area contributed by atoms with E-state index in [0.717, 1.165) is 5.56 Å². The molecule has 0 amide bonds. The second-order valence-electron chi connectivity index (χ2n) is 4.70. The van der Waals surface area contributed by atoms with Crippen LogP contribution in [-0.4, -0.2) is 39.7 Å². The number of imidazole rings is 1. The quantitative estimate of drug-likeness (QED) is 0.539. The molecule has 0 aliphatic carbocycles. The molecular weight excluding hydrogens is 320 g/mol. The van der Waals surface area contributed by atoms with Gasteiger partial charge in [0.25, 0.3) is 0 Å². The van der Waals surface area contributed by atoms with Gasteiger partial charge in [-0.3, -0.25) is 0 Å². The molecule has 0 aliphatic rings. The molecule has 0 spiro atoms. The maximum Gasteiger partial charge on any atom is 0.338 e. The second-order valence-corrected chi connectivity index (χ2v) is 5.03. The van der Waals surface area contributed by atoms with Crippen molar-refractivity contribution in [2.45, 2.75) is 6.54 Å². The highest BCUT2D eigenvalue weighted by Crippen LogP contribution is 2.24. The highest BCUT2D eigenvalue weighted by molar-refractivity contribution is 6.28. The number of esters is 1. The summed E-state index contributed by atoms with van der Waals surface area (Å²) in [6.45, 7) is 0.392. The summed E-state index contributed by atoms with van der Waals surface area (Å²) in [7, 11) is 2.85. The Morgan fingerprint density at radius 2 is 2.04 bits per heavy atom. The SMILES string of the molecule is COC(=O)c1ccccc1Cn1cnc2nc(Cl)nc(OC)c21. The first-order chi connectivity index (χ1) is 11.1. The number of methoxy groups -OCH3 is 2. The first kappa shape index (κ1) is 15.2. The zero-order chi connectivity index (χ0) is 16.4. The number of halogens is 1. The summed E-state index contributed by atoms with van der Waals surface area (Å²) in [6, 6.07) is 7.20. The number of hydrogen-bond acceptors (Lipinski definition) is 6. The Labute approximate surface area is 136 Å². The van der Waals surface area contributed by atoms with Crippen molar-refractivity contribution in [1.29, 1.82) is 0 Å². The Morgan fingerprint density at radius 3 is 2.78 bits per heavy atom. The topological polar surface area (TPSA) is 79.1 Å². The van der Waals surface area contributed by atoms with Crippen LogP contribution >= 0.6 is 11.6 Å². The van der Waals surface area contributed by atoms with Crippen molar-refractivity contribution in [3.63, 3.8) is 0 Å². The van der Waals surface area contributed by atoms with Crippen LogP contribution in [0, 0.1) is 0 Å². The highest BCUT2D eigenvalue weighted by Gasteiger charge is 2.16. The number of ether oxygens (including phenoxy) is 2. The zero-order valence-electron chi connectivity index (χ0n) is 12.5. The predicted molar refractivity (Wildman–Crippen MR) is 83.8 cm³/mol. The number of nitrogens with zero attached hydrogens (tertiary/aromatic N) is 4. The fraction of sp³-hybridized carbons (Fsp3) is 0.200. The van der Waals surface area contributed by atoms with Crippen LogP contribution in [0.2, 0.25) is 5.28 Å². The average molecular weight is 333 g/mol. The van der Waals surface area contributed by atoms with Gasteiger partial charge in [-0.2, -0.15) is 9.97 Å². The van der Waals surface area contributed by atoms with E-state index in [9.17, 15) is 4.79 Å².